The van der Waals surface area contributed by atoms with Gasteiger partial charge in [-0.3, -0.25) is 9.59 Å². The summed E-state index contributed by atoms with van der Waals surface area (Å²) in [5.74, 6) is 0.890. The first kappa shape index (κ1) is 13.1. The second-order valence-corrected chi connectivity index (χ2v) is 5.60. The van der Waals surface area contributed by atoms with E-state index in [4.69, 9.17) is 0 Å². The molecule has 0 unspecified atom stereocenters. The molecule has 1 aromatic heterocycles. The van der Waals surface area contributed by atoms with E-state index in [-0.39, 0.29) is 23.7 Å². The highest BCUT2D eigenvalue weighted by Gasteiger charge is 2.36. The highest BCUT2D eigenvalue weighted by atomic mass is 16.2. The van der Waals surface area contributed by atoms with Crippen molar-refractivity contribution in [1.82, 2.24) is 9.88 Å². The van der Waals surface area contributed by atoms with Gasteiger partial charge in [-0.05, 0) is 37.8 Å². The molecule has 0 aromatic carbocycles. The lowest BCUT2D eigenvalue weighted by Crippen LogP contribution is -2.44. The summed E-state index contributed by atoms with van der Waals surface area (Å²) in [5.41, 5.74) is 0. The van der Waals surface area contributed by atoms with Crippen molar-refractivity contribution in [1.29, 1.82) is 0 Å². The Morgan fingerprint density at radius 3 is 2.75 bits per heavy atom. The Labute approximate surface area is 118 Å². The van der Waals surface area contributed by atoms with Crippen molar-refractivity contribution < 1.29 is 9.59 Å². The summed E-state index contributed by atoms with van der Waals surface area (Å²) in [6.07, 6.45) is 5.42. The van der Waals surface area contributed by atoms with Crippen molar-refractivity contribution in [3.8, 4) is 0 Å². The Bertz CT molecular complexity index is 499. The molecule has 1 atom stereocenters. The van der Waals surface area contributed by atoms with Gasteiger partial charge in [0.2, 0.25) is 11.8 Å². The zero-order chi connectivity index (χ0) is 13.9. The molecule has 1 aromatic rings. The van der Waals surface area contributed by atoms with Crippen LogP contribution in [0.15, 0.2) is 24.4 Å². The van der Waals surface area contributed by atoms with Crippen LogP contribution < -0.4 is 5.32 Å². The van der Waals surface area contributed by atoms with Crippen LogP contribution in [-0.2, 0) is 9.59 Å². The maximum absolute atomic E-state index is 12.2. The number of piperidine rings is 1. The lowest BCUT2D eigenvalue weighted by molar-refractivity contribution is -0.135. The molecule has 2 aliphatic rings. The molecule has 3 rings (SSSR count). The molecule has 106 valence electrons. The fourth-order valence-corrected chi connectivity index (χ4v) is 2.64. The molecule has 1 aliphatic heterocycles. The lowest BCUT2D eigenvalue weighted by Gasteiger charge is -2.32. The van der Waals surface area contributed by atoms with Crippen LogP contribution in [0.5, 0.6) is 0 Å². The zero-order valence-electron chi connectivity index (χ0n) is 11.4. The summed E-state index contributed by atoms with van der Waals surface area (Å²) < 4.78 is 0. The van der Waals surface area contributed by atoms with E-state index in [0.717, 1.165) is 32.2 Å². The van der Waals surface area contributed by atoms with E-state index in [1.807, 2.05) is 17.0 Å². The SMILES string of the molecule is O=C(Nc1ccccn1)[C@@H]1CCCN(C(=O)C2CC2)C1. The van der Waals surface area contributed by atoms with Crippen molar-refractivity contribution in [2.75, 3.05) is 18.4 Å². The number of carbonyl (C=O) groups excluding carboxylic acids is 2. The number of amides is 2. The van der Waals surface area contributed by atoms with Crippen molar-refractivity contribution in [2.24, 2.45) is 11.8 Å². The molecule has 1 N–H and O–H groups in total. The molecule has 0 radical (unpaired) electrons. The number of aromatic nitrogens is 1. The van der Waals surface area contributed by atoms with Gasteiger partial charge in [-0.1, -0.05) is 6.07 Å². The standard InChI is InChI=1S/C15H19N3O2/c19-14(17-13-5-1-2-8-16-13)12-4-3-9-18(10-12)15(20)11-6-7-11/h1-2,5,8,11-12H,3-4,6-7,9-10H2,(H,16,17,19)/t12-/m1/s1. The van der Waals surface area contributed by atoms with Gasteiger partial charge >= 0.3 is 0 Å². The molecule has 0 spiro atoms. The minimum Gasteiger partial charge on any atom is -0.342 e. The average Bonchev–Trinajstić information content (AvgIpc) is 3.32. The first-order chi connectivity index (χ1) is 9.74. The molecule has 2 amide bonds. The third-order valence-electron chi connectivity index (χ3n) is 3.95. The van der Waals surface area contributed by atoms with Gasteiger partial charge in [-0.15, -0.1) is 0 Å². The maximum Gasteiger partial charge on any atom is 0.230 e. The van der Waals surface area contributed by atoms with Crippen LogP contribution in [0.2, 0.25) is 0 Å². The van der Waals surface area contributed by atoms with Gasteiger partial charge in [0.05, 0.1) is 5.92 Å². The Morgan fingerprint density at radius 1 is 1.20 bits per heavy atom. The van der Waals surface area contributed by atoms with E-state index < -0.39 is 0 Å². The number of hydrogen-bond acceptors (Lipinski definition) is 3. The van der Waals surface area contributed by atoms with Gasteiger partial charge in [0.1, 0.15) is 5.82 Å². The van der Waals surface area contributed by atoms with Crippen LogP contribution in [0.3, 0.4) is 0 Å². The zero-order valence-corrected chi connectivity index (χ0v) is 11.4. The van der Waals surface area contributed by atoms with E-state index in [1.165, 1.54) is 0 Å². The average molecular weight is 273 g/mol. The Morgan fingerprint density at radius 2 is 2.05 bits per heavy atom. The number of nitrogens with zero attached hydrogens (tertiary/aromatic N) is 2. The third kappa shape index (κ3) is 2.98. The third-order valence-corrected chi connectivity index (χ3v) is 3.95. The molecule has 1 saturated heterocycles. The van der Waals surface area contributed by atoms with Crippen LogP contribution in [0.4, 0.5) is 5.82 Å². The van der Waals surface area contributed by atoms with E-state index in [9.17, 15) is 9.59 Å². The van der Waals surface area contributed by atoms with Gasteiger partial charge < -0.3 is 10.2 Å². The summed E-state index contributed by atoms with van der Waals surface area (Å²) in [6.45, 7) is 1.34. The van der Waals surface area contributed by atoms with Crippen LogP contribution in [0.25, 0.3) is 0 Å². The van der Waals surface area contributed by atoms with Crippen LogP contribution >= 0.6 is 0 Å². The van der Waals surface area contributed by atoms with E-state index in [1.54, 1.807) is 12.3 Å². The smallest absolute Gasteiger partial charge is 0.230 e. The monoisotopic (exact) mass is 273 g/mol. The number of nitrogens with one attached hydrogen (secondary N) is 1. The summed E-state index contributed by atoms with van der Waals surface area (Å²) in [4.78, 5) is 30.3. The number of anilines is 1. The lowest BCUT2D eigenvalue weighted by atomic mass is 9.96. The molecule has 2 fully saturated rings. The van der Waals surface area contributed by atoms with Gasteiger partial charge in [0.25, 0.3) is 0 Å². The molecule has 20 heavy (non-hydrogen) atoms. The van der Waals surface area contributed by atoms with Gasteiger partial charge in [-0.2, -0.15) is 0 Å². The van der Waals surface area contributed by atoms with Gasteiger partial charge in [0, 0.05) is 25.2 Å². The summed E-state index contributed by atoms with van der Waals surface area (Å²) in [6, 6.07) is 5.42. The fraction of sp³-hybridized carbons (Fsp3) is 0.533. The Hall–Kier alpha value is -1.91. The van der Waals surface area contributed by atoms with E-state index >= 15 is 0 Å². The molecular formula is C15H19N3O2. The van der Waals surface area contributed by atoms with Crippen LogP contribution in [-0.4, -0.2) is 34.8 Å². The first-order valence-corrected chi connectivity index (χ1v) is 7.25. The molecular weight excluding hydrogens is 254 g/mol. The minimum atomic E-state index is -0.117. The van der Waals surface area contributed by atoms with Crippen molar-refractivity contribution in [3.63, 3.8) is 0 Å². The van der Waals surface area contributed by atoms with E-state index in [0.29, 0.717) is 12.4 Å². The van der Waals surface area contributed by atoms with Crippen molar-refractivity contribution in [2.45, 2.75) is 25.7 Å². The minimum absolute atomic E-state index is 0.0306. The second-order valence-electron chi connectivity index (χ2n) is 5.60. The van der Waals surface area contributed by atoms with E-state index in [2.05, 4.69) is 10.3 Å². The largest absolute Gasteiger partial charge is 0.342 e. The number of hydrogen-bond donors (Lipinski definition) is 1. The Balaban J connectivity index is 1.58. The molecule has 5 heteroatoms. The predicted octanol–water partition coefficient (Wildman–Crippen LogP) is 1.67. The topological polar surface area (TPSA) is 62.3 Å². The molecule has 1 aliphatic carbocycles. The number of pyridine rings is 1. The first-order valence-electron chi connectivity index (χ1n) is 7.25. The number of rotatable bonds is 3. The summed E-state index contributed by atoms with van der Waals surface area (Å²) >= 11 is 0. The fourth-order valence-electron chi connectivity index (χ4n) is 2.64. The number of likely N-dealkylation sites (tertiary alicyclic amines) is 1. The molecule has 0 bridgehead atoms. The normalized spacial score (nSPS) is 22.4. The summed E-state index contributed by atoms with van der Waals surface area (Å²) in [5, 5.41) is 2.83. The van der Waals surface area contributed by atoms with Crippen LogP contribution in [0.1, 0.15) is 25.7 Å². The molecule has 1 saturated carbocycles. The number of carbonyl (C=O) groups is 2. The second kappa shape index (κ2) is 5.61. The molecule has 2 heterocycles. The predicted molar refractivity (Wildman–Crippen MR) is 74.9 cm³/mol. The van der Waals surface area contributed by atoms with Gasteiger partial charge in [-0.25, -0.2) is 4.98 Å². The highest BCUT2D eigenvalue weighted by Crippen LogP contribution is 2.32. The maximum atomic E-state index is 12.2. The Kier molecular flexibility index (Phi) is 3.67. The summed E-state index contributed by atoms with van der Waals surface area (Å²) in [7, 11) is 0. The highest BCUT2D eigenvalue weighted by molar-refractivity contribution is 5.92. The van der Waals surface area contributed by atoms with Crippen molar-refractivity contribution >= 4 is 17.6 Å². The van der Waals surface area contributed by atoms with Gasteiger partial charge in [0.15, 0.2) is 0 Å². The van der Waals surface area contributed by atoms with Crippen molar-refractivity contribution in [3.05, 3.63) is 24.4 Å². The van der Waals surface area contributed by atoms with Crippen LogP contribution in [0, 0.1) is 11.8 Å². The molecule has 5 nitrogen and oxygen atoms in total. The quantitative estimate of drug-likeness (QED) is 0.911.